The van der Waals surface area contributed by atoms with E-state index in [0.717, 1.165) is 0 Å². The lowest BCUT2D eigenvalue weighted by molar-refractivity contribution is 0.102. The molecule has 0 saturated heterocycles. The predicted octanol–water partition coefficient (Wildman–Crippen LogP) is 2.61. The van der Waals surface area contributed by atoms with E-state index in [-0.39, 0.29) is 16.3 Å². The third-order valence-electron chi connectivity index (χ3n) is 2.03. The normalized spacial score (nSPS) is 11.4. The first-order valence-electron chi connectivity index (χ1n) is 4.54. The fourth-order valence-electron chi connectivity index (χ4n) is 1.05. The second kappa shape index (κ2) is 5.17. The molecule has 0 amide bonds. The second-order valence-corrected chi connectivity index (χ2v) is 6.40. The number of hydrogen-bond acceptors (Lipinski definition) is 3. The highest BCUT2D eigenvalue weighted by Crippen LogP contribution is 2.22. The summed E-state index contributed by atoms with van der Waals surface area (Å²) in [6.07, 6.45) is 0. The molecule has 0 heterocycles. The SMILES string of the molecule is CCS(=O)(=O)CC(=O)c1ccc(Cl)c(Cl)c1. The smallest absolute Gasteiger partial charge is 0.177 e. The van der Waals surface area contributed by atoms with Crippen LogP contribution in [0.15, 0.2) is 18.2 Å². The van der Waals surface area contributed by atoms with Gasteiger partial charge in [-0.05, 0) is 18.2 Å². The molecule has 88 valence electrons. The number of carbonyl (C=O) groups is 1. The molecule has 1 aromatic carbocycles. The lowest BCUT2D eigenvalue weighted by atomic mass is 10.1. The van der Waals surface area contributed by atoms with E-state index in [2.05, 4.69) is 0 Å². The maximum Gasteiger partial charge on any atom is 0.177 e. The van der Waals surface area contributed by atoms with Crippen LogP contribution in [-0.2, 0) is 9.84 Å². The molecule has 0 saturated carbocycles. The van der Waals surface area contributed by atoms with Gasteiger partial charge in [0.15, 0.2) is 15.6 Å². The van der Waals surface area contributed by atoms with E-state index < -0.39 is 21.4 Å². The Morgan fingerprint density at radius 1 is 1.25 bits per heavy atom. The van der Waals surface area contributed by atoms with Gasteiger partial charge in [-0.2, -0.15) is 0 Å². The van der Waals surface area contributed by atoms with Gasteiger partial charge in [-0.3, -0.25) is 4.79 Å². The van der Waals surface area contributed by atoms with E-state index in [0.29, 0.717) is 5.02 Å². The molecule has 0 atom stereocenters. The van der Waals surface area contributed by atoms with E-state index >= 15 is 0 Å². The van der Waals surface area contributed by atoms with Crippen LogP contribution in [-0.4, -0.2) is 25.7 Å². The first kappa shape index (κ1) is 13.5. The van der Waals surface area contributed by atoms with Crippen LogP contribution in [0.5, 0.6) is 0 Å². The molecule has 0 aliphatic heterocycles. The van der Waals surface area contributed by atoms with Crippen molar-refractivity contribution in [1.82, 2.24) is 0 Å². The molecular formula is C10H10Cl2O3S. The van der Waals surface area contributed by atoms with Crippen LogP contribution < -0.4 is 0 Å². The Bertz CT molecular complexity index is 509. The number of rotatable bonds is 4. The summed E-state index contributed by atoms with van der Waals surface area (Å²) in [6, 6.07) is 4.30. The van der Waals surface area contributed by atoms with Gasteiger partial charge in [0.2, 0.25) is 0 Å². The largest absolute Gasteiger partial charge is 0.293 e. The van der Waals surface area contributed by atoms with E-state index in [1.807, 2.05) is 0 Å². The first-order valence-corrected chi connectivity index (χ1v) is 7.12. The molecule has 0 spiro atoms. The molecule has 16 heavy (non-hydrogen) atoms. The van der Waals surface area contributed by atoms with Crippen molar-refractivity contribution in [3.05, 3.63) is 33.8 Å². The van der Waals surface area contributed by atoms with Crippen molar-refractivity contribution < 1.29 is 13.2 Å². The first-order chi connectivity index (χ1) is 7.35. The molecule has 0 radical (unpaired) electrons. The summed E-state index contributed by atoms with van der Waals surface area (Å²) in [5.41, 5.74) is 0.256. The Hall–Kier alpha value is -0.580. The summed E-state index contributed by atoms with van der Waals surface area (Å²) in [4.78, 5) is 11.6. The van der Waals surface area contributed by atoms with Crippen molar-refractivity contribution >= 4 is 38.8 Å². The average molecular weight is 281 g/mol. The highest BCUT2D eigenvalue weighted by Gasteiger charge is 2.16. The number of hydrogen-bond donors (Lipinski definition) is 0. The number of ketones is 1. The fourth-order valence-corrected chi connectivity index (χ4v) is 2.12. The van der Waals surface area contributed by atoms with Crippen LogP contribution in [0, 0.1) is 0 Å². The monoisotopic (exact) mass is 280 g/mol. The molecular weight excluding hydrogens is 271 g/mol. The molecule has 0 fully saturated rings. The minimum absolute atomic E-state index is 0.0555. The quantitative estimate of drug-likeness (QED) is 0.797. The van der Waals surface area contributed by atoms with Gasteiger partial charge in [0.05, 0.1) is 10.0 Å². The van der Waals surface area contributed by atoms with E-state index in [4.69, 9.17) is 23.2 Å². The summed E-state index contributed by atoms with van der Waals surface area (Å²) in [7, 11) is -3.32. The van der Waals surface area contributed by atoms with Crippen LogP contribution in [0.2, 0.25) is 10.0 Å². The van der Waals surface area contributed by atoms with Crippen molar-refractivity contribution in [3.8, 4) is 0 Å². The van der Waals surface area contributed by atoms with Gasteiger partial charge in [0.25, 0.3) is 0 Å². The molecule has 0 aliphatic carbocycles. The average Bonchev–Trinajstić information content (AvgIpc) is 2.21. The Kier molecular flexibility index (Phi) is 4.35. The van der Waals surface area contributed by atoms with Gasteiger partial charge >= 0.3 is 0 Å². The van der Waals surface area contributed by atoms with E-state index in [1.165, 1.54) is 25.1 Å². The summed E-state index contributed by atoms with van der Waals surface area (Å²) in [5, 5.41) is 0.568. The maximum atomic E-state index is 11.6. The number of Topliss-reactive ketones (excluding diaryl/α,β-unsaturated/α-hetero) is 1. The Morgan fingerprint density at radius 3 is 2.38 bits per heavy atom. The van der Waals surface area contributed by atoms with Crippen LogP contribution in [0.4, 0.5) is 0 Å². The van der Waals surface area contributed by atoms with Crippen molar-refractivity contribution in [1.29, 1.82) is 0 Å². The Balaban J connectivity index is 2.94. The van der Waals surface area contributed by atoms with Crippen molar-refractivity contribution in [2.45, 2.75) is 6.92 Å². The third-order valence-corrected chi connectivity index (χ3v) is 4.35. The van der Waals surface area contributed by atoms with Crippen LogP contribution in [0.1, 0.15) is 17.3 Å². The minimum Gasteiger partial charge on any atom is -0.293 e. The van der Waals surface area contributed by atoms with E-state index in [1.54, 1.807) is 0 Å². The lowest BCUT2D eigenvalue weighted by Crippen LogP contribution is -2.17. The van der Waals surface area contributed by atoms with Gasteiger partial charge in [-0.25, -0.2) is 8.42 Å². The summed E-state index contributed by atoms with van der Waals surface area (Å²) < 4.78 is 22.5. The minimum atomic E-state index is -3.32. The van der Waals surface area contributed by atoms with Crippen LogP contribution in [0.25, 0.3) is 0 Å². The Labute approximate surface area is 104 Å². The van der Waals surface area contributed by atoms with Crippen LogP contribution in [0.3, 0.4) is 0 Å². The molecule has 0 aromatic heterocycles. The number of sulfone groups is 1. The van der Waals surface area contributed by atoms with Gasteiger partial charge in [-0.15, -0.1) is 0 Å². The number of benzene rings is 1. The van der Waals surface area contributed by atoms with Gasteiger partial charge in [-0.1, -0.05) is 30.1 Å². The van der Waals surface area contributed by atoms with Gasteiger partial charge in [0.1, 0.15) is 5.75 Å². The number of halogens is 2. The summed E-state index contributed by atoms with van der Waals surface area (Å²) in [5.74, 6) is -1.03. The molecule has 0 N–H and O–H groups in total. The number of carbonyl (C=O) groups excluding carboxylic acids is 1. The molecule has 3 nitrogen and oxygen atoms in total. The second-order valence-electron chi connectivity index (χ2n) is 3.23. The summed E-state index contributed by atoms with van der Waals surface area (Å²) in [6.45, 7) is 1.50. The third kappa shape index (κ3) is 3.47. The highest BCUT2D eigenvalue weighted by molar-refractivity contribution is 7.92. The molecule has 1 rings (SSSR count). The molecule has 1 aromatic rings. The zero-order chi connectivity index (χ0) is 12.3. The molecule has 6 heteroatoms. The summed E-state index contributed by atoms with van der Waals surface area (Å²) >= 11 is 11.4. The van der Waals surface area contributed by atoms with Gasteiger partial charge in [0, 0.05) is 11.3 Å². The van der Waals surface area contributed by atoms with Crippen molar-refractivity contribution in [2.24, 2.45) is 0 Å². The Morgan fingerprint density at radius 2 is 1.88 bits per heavy atom. The van der Waals surface area contributed by atoms with E-state index in [9.17, 15) is 13.2 Å². The fraction of sp³-hybridized carbons (Fsp3) is 0.300. The van der Waals surface area contributed by atoms with Crippen molar-refractivity contribution in [2.75, 3.05) is 11.5 Å². The molecule has 0 unspecified atom stereocenters. The van der Waals surface area contributed by atoms with Crippen LogP contribution >= 0.6 is 23.2 Å². The maximum absolute atomic E-state index is 11.6. The lowest BCUT2D eigenvalue weighted by Gasteiger charge is -2.02. The standard InChI is InChI=1S/C10H10Cl2O3S/c1-2-16(14,15)6-10(13)7-3-4-8(11)9(12)5-7/h3-5H,2,6H2,1H3. The zero-order valence-corrected chi connectivity index (χ0v) is 10.9. The molecule has 0 aliphatic rings. The zero-order valence-electron chi connectivity index (χ0n) is 8.54. The predicted molar refractivity (Wildman–Crippen MR) is 65.1 cm³/mol. The molecule has 0 bridgehead atoms. The highest BCUT2D eigenvalue weighted by atomic mass is 35.5. The van der Waals surface area contributed by atoms with Gasteiger partial charge < -0.3 is 0 Å². The topological polar surface area (TPSA) is 51.2 Å². The van der Waals surface area contributed by atoms with Crippen molar-refractivity contribution in [3.63, 3.8) is 0 Å².